The second-order valence-corrected chi connectivity index (χ2v) is 12.1. The zero-order chi connectivity index (χ0) is 32.4. The Morgan fingerprint density at radius 3 is 2.30 bits per heavy atom. The summed E-state index contributed by atoms with van der Waals surface area (Å²) >= 11 is 1.86. The predicted molar refractivity (Wildman–Crippen MR) is 189 cm³/mol. The van der Waals surface area contributed by atoms with Crippen molar-refractivity contribution in [2.45, 2.75) is 6.85 Å². The van der Waals surface area contributed by atoms with Gasteiger partial charge in [0.25, 0.3) is 0 Å². The van der Waals surface area contributed by atoms with Crippen LogP contribution in [-0.4, -0.2) is 14.4 Å². The van der Waals surface area contributed by atoms with Gasteiger partial charge in [-0.1, -0.05) is 66.0 Å². The Balaban J connectivity index is 0.000000228. The maximum absolute atomic E-state index is 7.63. The summed E-state index contributed by atoms with van der Waals surface area (Å²) in [5.74, 6) is 0. The first-order valence-corrected chi connectivity index (χ1v) is 15.6. The van der Waals surface area contributed by atoms with Crippen LogP contribution in [-0.2, 0) is 20.1 Å². The fourth-order valence-electron chi connectivity index (χ4n) is 6.45. The molecule has 3 nitrogen and oxygen atoms in total. The molecule has 221 valence electrons. The number of pyridine rings is 2. The maximum Gasteiger partial charge on any atom is 0.0531 e. The Bertz CT molecular complexity index is 2720. The molecule has 0 aliphatic heterocycles. The van der Waals surface area contributed by atoms with Gasteiger partial charge in [-0.2, -0.15) is 0 Å². The normalized spacial score (nSPS) is 12.7. The van der Waals surface area contributed by atoms with Crippen molar-refractivity contribution in [3.63, 3.8) is 0 Å². The minimum atomic E-state index is -2.16. The zero-order valence-corrected chi connectivity index (χ0v) is 27.5. The molecule has 0 aliphatic rings. The van der Waals surface area contributed by atoms with Crippen molar-refractivity contribution in [2.75, 3.05) is 0 Å². The number of aromatic nitrogens is 3. The summed E-state index contributed by atoms with van der Waals surface area (Å²) in [7, 11) is 0. The largest absolute Gasteiger partial charge is 0.350 e. The molecule has 5 heteroatoms. The summed E-state index contributed by atoms with van der Waals surface area (Å²) in [6, 6.07) is 47.4. The molecule has 1 radical (unpaired) electrons. The number of hydrogen-bond acceptors (Lipinski definition) is 3. The Morgan fingerprint density at radius 1 is 0.674 bits per heavy atom. The van der Waals surface area contributed by atoms with E-state index in [1.807, 2.05) is 59.9 Å². The number of fused-ring (bicyclic) bond motifs is 10. The molecule has 0 amide bonds. The second-order valence-electron chi connectivity index (χ2n) is 11.0. The summed E-state index contributed by atoms with van der Waals surface area (Å²) in [6.45, 7) is -2.16. The van der Waals surface area contributed by atoms with Gasteiger partial charge in [-0.15, -0.1) is 71.0 Å². The minimum Gasteiger partial charge on any atom is -0.350 e. The van der Waals surface area contributed by atoms with E-state index >= 15 is 0 Å². The molecular formula is C41H25IrN3S-2. The van der Waals surface area contributed by atoms with Gasteiger partial charge in [0, 0.05) is 73.1 Å². The maximum atomic E-state index is 7.63. The molecular weight excluding hydrogens is 759 g/mol. The monoisotopic (exact) mass is 787 g/mol. The van der Waals surface area contributed by atoms with E-state index in [4.69, 9.17) is 4.11 Å². The predicted octanol–water partition coefficient (Wildman–Crippen LogP) is 10.9. The number of hydrogen-bond donors (Lipinski definition) is 0. The first kappa shape index (κ1) is 25.3. The van der Waals surface area contributed by atoms with Crippen LogP contribution in [0.5, 0.6) is 0 Å². The molecule has 5 heterocycles. The molecule has 0 bridgehead atoms. The SMILES string of the molecule is [2H]C([2H])([2H])c1ccc(-c2[c-]cc3c(c2)c2cc4c5ccccc5sc4c4c5ccccc5n3c24)nc1.[Ir].[c-]1ccccc1-c1ccccn1. The van der Waals surface area contributed by atoms with E-state index in [1.54, 1.807) is 18.3 Å². The fourth-order valence-corrected chi connectivity index (χ4v) is 7.69. The fraction of sp³-hybridized carbons (Fsp3) is 0.0244. The molecule has 0 fully saturated rings. The average molecular weight is 787 g/mol. The van der Waals surface area contributed by atoms with Crippen LogP contribution in [0.2, 0.25) is 0 Å². The van der Waals surface area contributed by atoms with Gasteiger partial charge >= 0.3 is 0 Å². The first-order valence-electron chi connectivity index (χ1n) is 16.2. The smallest absolute Gasteiger partial charge is 0.0531 e. The van der Waals surface area contributed by atoms with Crippen molar-refractivity contribution in [1.82, 2.24) is 14.4 Å². The zero-order valence-electron chi connectivity index (χ0n) is 27.3. The third-order valence-electron chi connectivity index (χ3n) is 8.43. The third-order valence-corrected chi connectivity index (χ3v) is 9.63. The van der Waals surface area contributed by atoms with Gasteiger partial charge in [0.2, 0.25) is 0 Å². The van der Waals surface area contributed by atoms with Gasteiger partial charge in [0.15, 0.2) is 0 Å². The number of aryl methyl sites for hydroxylation is 1. The van der Waals surface area contributed by atoms with Gasteiger partial charge < -0.3 is 14.4 Å². The molecule has 10 rings (SSSR count). The molecule has 0 saturated carbocycles. The van der Waals surface area contributed by atoms with Crippen molar-refractivity contribution >= 4 is 69.6 Å². The first-order chi connectivity index (χ1) is 23.5. The van der Waals surface area contributed by atoms with Crippen molar-refractivity contribution in [1.29, 1.82) is 0 Å². The molecule has 0 atom stereocenters. The Hall–Kier alpha value is -4.93. The minimum absolute atomic E-state index is 0. The van der Waals surface area contributed by atoms with Crippen LogP contribution in [0.4, 0.5) is 0 Å². The van der Waals surface area contributed by atoms with E-state index in [9.17, 15) is 0 Å². The summed E-state index contributed by atoms with van der Waals surface area (Å²) < 4.78 is 27.9. The van der Waals surface area contributed by atoms with Crippen molar-refractivity contribution in [3.8, 4) is 22.5 Å². The number of para-hydroxylation sites is 1. The number of benzene rings is 5. The van der Waals surface area contributed by atoms with Crippen LogP contribution in [0, 0.1) is 19.0 Å². The summed E-state index contributed by atoms with van der Waals surface area (Å²) in [5, 5.41) is 7.49. The van der Waals surface area contributed by atoms with E-state index in [1.165, 1.54) is 53.6 Å². The van der Waals surface area contributed by atoms with E-state index in [0.717, 1.165) is 27.7 Å². The number of rotatable bonds is 2. The number of nitrogens with zero attached hydrogens (tertiary/aromatic N) is 3. The van der Waals surface area contributed by atoms with Crippen LogP contribution < -0.4 is 0 Å². The quantitative estimate of drug-likeness (QED) is 0.163. The topological polar surface area (TPSA) is 30.2 Å². The Morgan fingerprint density at radius 2 is 1.50 bits per heavy atom. The summed E-state index contributed by atoms with van der Waals surface area (Å²) in [4.78, 5) is 8.68. The Kier molecular flexibility index (Phi) is 6.30. The van der Waals surface area contributed by atoms with Crippen molar-refractivity contribution in [2.24, 2.45) is 0 Å². The average Bonchev–Trinajstić information content (AvgIpc) is 3.78. The standard InChI is InChI=1S/C30H17N2S.C11H8N.Ir/c1-17-10-12-24(31-16-17)18-11-13-26-21(14-18)22-15-23-19-6-3-5-9-27(19)33-30(23)28-20-7-2-4-8-25(20)32(26)29(22)28;1-2-6-10(7-3-1)11-8-4-5-9-12-11;/h2-10,12-16H,1H3;1-6,8-9H;/q2*-1;/i1D3;;. The van der Waals surface area contributed by atoms with Crippen LogP contribution >= 0.6 is 11.3 Å². The molecule has 0 unspecified atom stereocenters. The molecule has 5 aromatic carbocycles. The van der Waals surface area contributed by atoms with Crippen LogP contribution in [0.25, 0.3) is 80.8 Å². The molecule has 5 aromatic heterocycles. The number of thiophene rings is 1. The Labute approximate surface area is 287 Å². The molecule has 10 aromatic rings. The van der Waals surface area contributed by atoms with Gasteiger partial charge in [0.05, 0.1) is 5.52 Å². The van der Waals surface area contributed by atoms with Crippen LogP contribution in [0.1, 0.15) is 9.68 Å². The second kappa shape index (κ2) is 11.5. The molecule has 0 spiro atoms. The molecule has 46 heavy (non-hydrogen) atoms. The van der Waals surface area contributed by atoms with Crippen molar-refractivity contribution in [3.05, 3.63) is 151 Å². The van der Waals surface area contributed by atoms with Crippen molar-refractivity contribution < 1.29 is 24.2 Å². The molecule has 0 N–H and O–H groups in total. The van der Waals surface area contributed by atoms with Crippen LogP contribution in [0.3, 0.4) is 0 Å². The molecule has 0 saturated heterocycles. The third kappa shape index (κ3) is 4.51. The van der Waals surface area contributed by atoms with E-state index in [2.05, 4.69) is 87.2 Å². The summed E-state index contributed by atoms with van der Waals surface area (Å²) in [5.41, 5.74) is 7.36. The van der Waals surface area contributed by atoms with Gasteiger partial charge in [-0.3, -0.25) is 0 Å². The van der Waals surface area contributed by atoms with Gasteiger partial charge in [-0.05, 0) is 59.0 Å². The van der Waals surface area contributed by atoms with Gasteiger partial charge in [-0.25, -0.2) is 0 Å². The summed E-state index contributed by atoms with van der Waals surface area (Å²) in [6.07, 6.45) is 3.23. The van der Waals surface area contributed by atoms with E-state index in [-0.39, 0.29) is 25.7 Å². The van der Waals surface area contributed by atoms with E-state index < -0.39 is 6.85 Å². The van der Waals surface area contributed by atoms with Crippen LogP contribution in [0.15, 0.2) is 134 Å². The van der Waals surface area contributed by atoms with Gasteiger partial charge in [0.1, 0.15) is 0 Å². The van der Waals surface area contributed by atoms with E-state index in [0.29, 0.717) is 5.69 Å². The molecule has 0 aliphatic carbocycles.